The number of quaternary nitrogens is 1. The Kier molecular flexibility index (Phi) is 4.48. The average molecular weight is 266 g/mol. The van der Waals surface area contributed by atoms with E-state index in [1.165, 1.54) is 18.9 Å². The fraction of sp³-hybridized carbons (Fsp3) is 0.889. The van der Waals surface area contributed by atoms with Crippen molar-refractivity contribution in [2.45, 2.75) is 44.7 Å². The number of hydrogen-bond acceptors (Lipinski definition) is 5. The maximum absolute atomic E-state index is 10.9. The lowest BCUT2D eigenvalue weighted by Crippen LogP contribution is -3.01. The van der Waals surface area contributed by atoms with Crippen LogP contribution in [-0.2, 0) is 19.8 Å². The highest BCUT2D eigenvalue weighted by Gasteiger charge is 2.37. The zero-order valence-electron chi connectivity index (χ0n) is 10.1. The van der Waals surface area contributed by atoms with Crippen LogP contribution in [0.2, 0.25) is 0 Å². The Hall–Kier alpha value is -0.700. The summed E-state index contributed by atoms with van der Waals surface area (Å²) in [5.41, 5.74) is 0. The molecular formula is C9H18N2O5S. The molecule has 1 aliphatic rings. The first-order chi connectivity index (χ1) is 7.75. The quantitative estimate of drug-likeness (QED) is 0.602. The third-order valence-corrected chi connectivity index (χ3v) is 4.21. The van der Waals surface area contributed by atoms with E-state index in [0.717, 1.165) is 0 Å². The molecule has 1 fully saturated rings. The van der Waals surface area contributed by atoms with Gasteiger partial charge < -0.3 is 9.87 Å². The summed E-state index contributed by atoms with van der Waals surface area (Å²) < 4.78 is 32.7. The molecule has 8 heteroatoms. The largest absolute Gasteiger partial charge is 0.748 e. The van der Waals surface area contributed by atoms with Crippen LogP contribution in [0.5, 0.6) is 0 Å². The maximum Gasteiger partial charge on any atom is 0.243 e. The molecule has 1 saturated heterocycles. The van der Waals surface area contributed by atoms with Crippen LogP contribution in [0.3, 0.4) is 0 Å². The number of rotatable bonds is 5. The molecule has 1 heterocycles. The second-order valence-corrected chi connectivity index (χ2v) is 5.92. The molecule has 17 heavy (non-hydrogen) atoms. The Morgan fingerprint density at radius 1 is 1.65 bits per heavy atom. The van der Waals surface area contributed by atoms with Crippen molar-refractivity contribution in [1.82, 2.24) is 5.06 Å². The molecule has 7 nitrogen and oxygen atoms in total. The third-order valence-electron chi connectivity index (χ3n) is 2.95. The van der Waals surface area contributed by atoms with Crippen LogP contribution < -0.4 is 5.32 Å². The number of amides is 1. The predicted molar refractivity (Wildman–Crippen MR) is 57.4 cm³/mol. The van der Waals surface area contributed by atoms with Gasteiger partial charge in [-0.25, -0.2) is 18.3 Å². The first kappa shape index (κ1) is 14.4. The molecular weight excluding hydrogens is 248 g/mol. The summed E-state index contributed by atoms with van der Waals surface area (Å²) in [5, 5.41) is 1.92. The Balaban J connectivity index is 2.48. The van der Waals surface area contributed by atoms with Gasteiger partial charge in [0.15, 0.2) is 0 Å². The molecule has 0 spiro atoms. The van der Waals surface area contributed by atoms with Gasteiger partial charge in [0.2, 0.25) is 12.1 Å². The van der Waals surface area contributed by atoms with Gasteiger partial charge >= 0.3 is 0 Å². The van der Waals surface area contributed by atoms with Crippen LogP contribution in [0.4, 0.5) is 0 Å². The summed E-state index contributed by atoms with van der Waals surface area (Å²) in [6.45, 7) is 5.01. The van der Waals surface area contributed by atoms with Crippen LogP contribution in [0.15, 0.2) is 0 Å². The van der Waals surface area contributed by atoms with E-state index in [9.17, 15) is 17.8 Å². The lowest BCUT2D eigenvalue weighted by Gasteiger charge is -2.37. The van der Waals surface area contributed by atoms with Crippen molar-refractivity contribution < 1.29 is 27.9 Å². The van der Waals surface area contributed by atoms with Crippen molar-refractivity contribution in [3.63, 3.8) is 0 Å². The van der Waals surface area contributed by atoms with E-state index < -0.39 is 15.4 Å². The van der Waals surface area contributed by atoms with Crippen LogP contribution >= 0.6 is 0 Å². The van der Waals surface area contributed by atoms with E-state index in [-0.39, 0.29) is 18.2 Å². The molecule has 3 unspecified atom stereocenters. The topological polar surface area (TPSA) is 103 Å². The van der Waals surface area contributed by atoms with Crippen molar-refractivity contribution >= 4 is 16.0 Å². The van der Waals surface area contributed by atoms with Gasteiger partial charge in [0.25, 0.3) is 0 Å². The summed E-state index contributed by atoms with van der Waals surface area (Å²) in [6.07, 6.45) is 0.260. The summed E-state index contributed by atoms with van der Waals surface area (Å²) in [7, 11) is -4.29. The van der Waals surface area contributed by atoms with Gasteiger partial charge in [0, 0.05) is 6.92 Å². The smallest absolute Gasteiger partial charge is 0.243 e. The van der Waals surface area contributed by atoms with Crippen molar-refractivity contribution in [3.05, 3.63) is 0 Å². The first-order valence-electron chi connectivity index (χ1n) is 5.50. The van der Waals surface area contributed by atoms with E-state index in [4.69, 9.17) is 4.84 Å². The van der Waals surface area contributed by atoms with Gasteiger partial charge in [-0.2, -0.15) is 0 Å². The molecule has 2 N–H and O–H groups in total. The third kappa shape index (κ3) is 3.63. The standard InChI is InChI=1S/C9H18N2O5S/c1-4-8(6(2)17(13,14)15)10-9-5-11(16-9)7(3)12/h6,8-10H,4-5H2,1-3H3,(H,13,14,15). The number of hydroxylamine groups is 2. The molecule has 100 valence electrons. The Morgan fingerprint density at radius 2 is 2.18 bits per heavy atom. The van der Waals surface area contributed by atoms with Crippen LogP contribution in [0.1, 0.15) is 27.2 Å². The van der Waals surface area contributed by atoms with Crippen molar-refractivity contribution in [3.8, 4) is 0 Å². The van der Waals surface area contributed by atoms with Crippen molar-refractivity contribution in [2.24, 2.45) is 0 Å². The molecule has 0 aromatic rings. The van der Waals surface area contributed by atoms with Crippen molar-refractivity contribution in [2.75, 3.05) is 6.54 Å². The van der Waals surface area contributed by atoms with E-state index >= 15 is 0 Å². The van der Waals surface area contributed by atoms with E-state index in [2.05, 4.69) is 0 Å². The summed E-state index contributed by atoms with van der Waals surface area (Å²) in [6, 6.07) is -0.350. The Bertz CT molecular complexity index is 377. The number of hydrogen-bond donors (Lipinski definition) is 1. The van der Waals surface area contributed by atoms with Crippen LogP contribution in [0.25, 0.3) is 0 Å². The highest BCUT2D eigenvalue weighted by Crippen LogP contribution is 2.09. The lowest BCUT2D eigenvalue weighted by molar-refractivity contribution is -0.786. The Labute approximate surface area is 101 Å². The van der Waals surface area contributed by atoms with Gasteiger partial charge in [-0.05, 0) is 13.3 Å². The zero-order valence-corrected chi connectivity index (χ0v) is 10.9. The summed E-state index contributed by atoms with van der Waals surface area (Å²) >= 11 is 0. The minimum atomic E-state index is -4.29. The van der Waals surface area contributed by atoms with Gasteiger partial charge in [-0.1, -0.05) is 6.92 Å². The van der Waals surface area contributed by atoms with Crippen LogP contribution in [0, 0.1) is 0 Å². The second-order valence-electron chi connectivity index (χ2n) is 4.19. The van der Waals surface area contributed by atoms with E-state index in [0.29, 0.717) is 13.0 Å². The fourth-order valence-corrected chi connectivity index (χ4v) is 2.44. The molecule has 0 saturated carbocycles. The minimum Gasteiger partial charge on any atom is -0.748 e. The zero-order chi connectivity index (χ0) is 13.2. The number of carbonyl (C=O) groups is 1. The molecule has 1 rings (SSSR count). The normalized spacial score (nSPS) is 24.0. The molecule has 1 aliphatic heterocycles. The molecule has 0 aromatic carbocycles. The van der Waals surface area contributed by atoms with E-state index in [1.54, 1.807) is 5.32 Å². The lowest BCUT2D eigenvalue weighted by atomic mass is 10.1. The average Bonchev–Trinajstić information content (AvgIpc) is 2.13. The summed E-state index contributed by atoms with van der Waals surface area (Å²) in [5.74, 6) is -0.188. The molecule has 0 aromatic heterocycles. The number of nitrogens with zero attached hydrogens (tertiary/aromatic N) is 1. The molecule has 0 bridgehead atoms. The number of nitrogens with two attached hydrogens (primary N) is 1. The Morgan fingerprint density at radius 3 is 2.53 bits per heavy atom. The van der Waals surface area contributed by atoms with E-state index in [1.807, 2.05) is 6.92 Å². The molecule has 1 amide bonds. The number of carbonyl (C=O) groups excluding carboxylic acids is 1. The maximum atomic E-state index is 10.9. The molecule has 3 atom stereocenters. The van der Waals surface area contributed by atoms with Crippen molar-refractivity contribution in [1.29, 1.82) is 0 Å². The second kappa shape index (κ2) is 5.30. The first-order valence-corrected chi connectivity index (χ1v) is 6.97. The SMILES string of the molecule is CCC([NH2+]C1CN(C(C)=O)O1)C(C)S(=O)(=O)[O-]. The fourth-order valence-electron chi connectivity index (χ4n) is 1.73. The van der Waals surface area contributed by atoms with Crippen LogP contribution in [-0.4, -0.2) is 48.0 Å². The van der Waals surface area contributed by atoms with Gasteiger partial charge in [0.1, 0.15) is 22.7 Å². The molecule has 0 aliphatic carbocycles. The predicted octanol–water partition coefficient (Wildman–Crippen LogP) is -1.62. The highest BCUT2D eigenvalue weighted by molar-refractivity contribution is 7.86. The van der Waals surface area contributed by atoms with Gasteiger partial charge in [-0.3, -0.25) is 4.79 Å². The van der Waals surface area contributed by atoms with Gasteiger partial charge in [-0.15, -0.1) is 0 Å². The summed E-state index contributed by atoms with van der Waals surface area (Å²) in [4.78, 5) is 16.0. The monoisotopic (exact) mass is 266 g/mol. The molecule has 0 radical (unpaired) electrons. The highest BCUT2D eigenvalue weighted by atomic mass is 32.2. The minimum absolute atomic E-state index is 0.188. The van der Waals surface area contributed by atoms with Gasteiger partial charge in [0.05, 0.1) is 5.25 Å².